The molecule has 2 N–H and O–H groups in total. The highest BCUT2D eigenvalue weighted by Crippen LogP contribution is 2.29. The van der Waals surface area contributed by atoms with Gasteiger partial charge in [-0.3, -0.25) is 9.59 Å². The zero-order valence-electron chi connectivity index (χ0n) is 17.6. The van der Waals surface area contributed by atoms with E-state index in [1.807, 2.05) is 0 Å². The van der Waals surface area contributed by atoms with Crippen molar-refractivity contribution in [2.45, 2.75) is 20.0 Å². The number of nitrogens with zero attached hydrogens (tertiary/aromatic N) is 2. The molecule has 0 atom stereocenters. The van der Waals surface area contributed by atoms with E-state index in [0.717, 1.165) is 30.3 Å². The summed E-state index contributed by atoms with van der Waals surface area (Å²) in [5.41, 5.74) is 0.0289. The van der Waals surface area contributed by atoms with Gasteiger partial charge in [0.1, 0.15) is 11.5 Å². The van der Waals surface area contributed by atoms with Crippen molar-refractivity contribution in [3.05, 3.63) is 82.2 Å². The van der Waals surface area contributed by atoms with Gasteiger partial charge in [0.2, 0.25) is 0 Å². The maximum atomic E-state index is 14.1. The monoisotopic (exact) mass is 466 g/mol. The van der Waals surface area contributed by atoms with Gasteiger partial charge in [0.15, 0.2) is 5.82 Å². The summed E-state index contributed by atoms with van der Waals surface area (Å²) in [6.07, 6.45) is -4.49. The Morgan fingerprint density at radius 1 is 0.939 bits per heavy atom. The number of hydrogen-bond acceptors (Lipinski definition) is 3. The molecule has 174 valence electrons. The molecule has 0 aliphatic heterocycles. The first-order chi connectivity index (χ1) is 15.5. The molecule has 2 amide bonds. The highest BCUT2D eigenvalue weighted by molar-refractivity contribution is 5.97. The molecule has 3 rings (SSSR count). The predicted molar refractivity (Wildman–Crippen MR) is 109 cm³/mol. The number of benzene rings is 2. The lowest BCUT2D eigenvalue weighted by Gasteiger charge is -2.10. The van der Waals surface area contributed by atoms with Crippen molar-refractivity contribution >= 4 is 11.8 Å². The number of carbonyl (C=O) groups excluding carboxylic acids is 2. The van der Waals surface area contributed by atoms with Crippen LogP contribution in [0.15, 0.2) is 42.5 Å². The molecule has 0 radical (unpaired) electrons. The fourth-order valence-electron chi connectivity index (χ4n) is 3.21. The lowest BCUT2D eigenvalue weighted by atomic mass is 10.1. The van der Waals surface area contributed by atoms with Crippen LogP contribution in [-0.4, -0.2) is 34.7 Å². The first kappa shape index (κ1) is 23.9. The Morgan fingerprint density at radius 3 is 2.12 bits per heavy atom. The lowest BCUT2D eigenvalue weighted by molar-refractivity contribution is -0.137. The molecule has 0 unspecified atom stereocenters. The van der Waals surface area contributed by atoms with Gasteiger partial charge in [0, 0.05) is 24.7 Å². The van der Waals surface area contributed by atoms with Crippen LogP contribution in [0.1, 0.15) is 37.7 Å². The fraction of sp³-hybridized carbons (Fsp3) is 0.227. The van der Waals surface area contributed by atoms with E-state index in [4.69, 9.17) is 0 Å². The van der Waals surface area contributed by atoms with E-state index >= 15 is 0 Å². The summed E-state index contributed by atoms with van der Waals surface area (Å²) in [4.78, 5) is 24.6. The summed E-state index contributed by atoms with van der Waals surface area (Å²) in [6.45, 7) is 3.17. The molecule has 0 spiro atoms. The van der Waals surface area contributed by atoms with E-state index in [-0.39, 0.29) is 29.9 Å². The Labute approximate surface area is 185 Å². The molecule has 2 aromatic carbocycles. The predicted octanol–water partition coefficient (Wildman–Crippen LogP) is 3.95. The Kier molecular flexibility index (Phi) is 6.80. The number of rotatable bonds is 6. The van der Waals surface area contributed by atoms with Crippen LogP contribution in [0, 0.1) is 25.5 Å². The standard InChI is InChI=1S/C22H19F5N4O2/c1-12-19(13(2)31(30-12)18-8-7-16(23)11-17(18)24)21(33)29-10-9-28-20(32)14-3-5-15(6-4-14)22(25,26)27/h3-8,11H,9-10H2,1-2H3,(H,28,32)(H,29,33). The zero-order chi connectivity index (χ0) is 24.3. The normalized spacial score (nSPS) is 11.4. The van der Waals surface area contributed by atoms with E-state index in [2.05, 4.69) is 15.7 Å². The molecule has 1 aromatic heterocycles. The second-order valence-corrected chi connectivity index (χ2v) is 7.14. The number of amides is 2. The van der Waals surface area contributed by atoms with Crippen LogP contribution in [0.5, 0.6) is 0 Å². The number of alkyl halides is 3. The second-order valence-electron chi connectivity index (χ2n) is 7.14. The van der Waals surface area contributed by atoms with Gasteiger partial charge in [0.05, 0.1) is 22.5 Å². The first-order valence-corrected chi connectivity index (χ1v) is 9.74. The van der Waals surface area contributed by atoms with Crippen LogP contribution in [0.2, 0.25) is 0 Å². The van der Waals surface area contributed by atoms with Crippen molar-refractivity contribution in [3.8, 4) is 5.69 Å². The fourth-order valence-corrected chi connectivity index (χ4v) is 3.21. The van der Waals surface area contributed by atoms with Crippen molar-refractivity contribution in [3.63, 3.8) is 0 Å². The van der Waals surface area contributed by atoms with Crippen LogP contribution in [0.3, 0.4) is 0 Å². The summed E-state index contributed by atoms with van der Waals surface area (Å²) in [7, 11) is 0. The van der Waals surface area contributed by atoms with Crippen molar-refractivity contribution in [2.75, 3.05) is 13.1 Å². The topological polar surface area (TPSA) is 76.0 Å². The molecule has 0 saturated heterocycles. The molecule has 0 saturated carbocycles. The number of carbonyl (C=O) groups is 2. The number of aromatic nitrogens is 2. The van der Waals surface area contributed by atoms with Crippen molar-refractivity contribution in [1.82, 2.24) is 20.4 Å². The zero-order valence-corrected chi connectivity index (χ0v) is 17.6. The number of hydrogen-bond donors (Lipinski definition) is 2. The van der Waals surface area contributed by atoms with Crippen LogP contribution in [0.25, 0.3) is 5.69 Å². The van der Waals surface area contributed by atoms with E-state index < -0.39 is 35.2 Å². The summed E-state index contributed by atoms with van der Waals surface area (Å²) < 4.78 is 66.3. The molecule has 0 aliphatic rings. The van der Waals surface area contributed by atoms with E-state index in [1.54, 1.807) is 13.8 Å². The summed E-state index contributed by atoms with van der Waals surface area (Å²) in [5, 5.41) is 9.25. The Morgan fingerprint density at radius 2 is 1.55 bits per heavy atom. The maximum Gasteiger partial charge on any atom is 0.416 e. The van der Waals surface area contributed by atoms with E-state index in [9.17, 15) is 31.5 Å². The quantitative estimate of drug-likeness (QED) is 0.427. The maximum absolute atomic E-state index is 14.1. The average Bonchev–Trinajstić information content (AvgIpc) is 3.04. The van der Waals surface area contributed by atoms with Gasteiger partial charge in [-0.15, -0.1) is 0 Å². The molecule has 0 bridgehead atoms. The first-order valence-electron chi connectivity index (χ1n) is 9.74. The largest absolute Gasteiger partial charge is 0.416 e. The van der Waals surface area contributed by atoms with Crippen LogP contribution < -0.4 is 10.6 Å². The second kappa shape index (κ2) is 9.39. The third kappa shape index (κ3) is 5.36. The summed E-state index contributed by atoms with van der Waals surface area (Å²) in [6, 6.07) is 6.74. The van der Waals surface area contributed by atoms with Gasteiger partial charge in [-0.2, -0.15) is 18.3 Å². The van der Waals surface area contributed by atoms with Gasteiger partial charge in [-0.05, 0) is 50.2 Å². The van der Waals surface area contributed by atoms with Gasteiger partial charge in [-0.1, -0.05) is 0 Å². The highest BCUT2D eigenvalue weighted by atomic mass is 19.4. The van der Waals surface area contributed by atoms with Crippen molar-refractivity contribution < 1.29 is 31.5 Å². The lowest BCUT2D eigenvalue weighted by Crippen LogP contribution is -2.35. The number of halogens is 5. The average molecular weight is 466 g/mol. The van der Waals surface area contributed by atoms with Crippen molar-refractivity contribution in [1.29, 1.82) is 0 Å². The molecule has 6 nitrogen and oxygen atoms in total. The Bertz CT molecular complexity index is 1190. The highest BCUT2D eigenvalue weighted by Gasteiger charge is 2.30. The molecule has 0 fully saturated rings. The third-order valence-corrected chi connectivity index (χ3v) is 4.83. The molecule has 3 aromatic rings. The van der Waals surface area contributed by atoms with E-state index in [1.165, 1.54) is 10.7 Å². The minimum absolute atomic E-state index is 0.0140. The molecular weight excluding hydrogens is 447 g/mol. The van der Waals surface area contributed by atoms with Gasteiger partial charge in [0.25, 0.3) is 11.8 Å². The summed E-state index contributed by atoms with van der Waals surface area (Å²) in [5.74, 6) is -2.68. The Hall–Kier alpha value is -3.76. The summed E-state index contributed by atoms with van der Waals surface area (Å²) >= 11 is 0. The van der Waals surface area contributed by atoms with Crippen LogP contribution in [0.4, 0.5) is 22.0 Å². The van der Waals surface area contributed by atoms with E-state index in [0.29, 0.717) is 17.5 Å². The van der Waals surface area contributed by atoms with Crippen LogP contribution >= 0.6 is 0 Å². The van der Waals surface area contributed by atoms with Crippen LogP contribution in [-0.2, 0) is 6.18 Å². The molecule has 11 heteroatoms. The minimum atomic E-state index is -4.49. The molecular formula is C22H19F5N4O2. The number of aryl methyl sites for hydroxylation is 1. The number of nitrogens with one attached hydrogen (secondary N) is 2. The van der Waals surface area contributed by atoms with Gasteiger partial charge < -0.3 is 10.6 Å². The molecule has 1 heterocycles. The van der Waals surface area contributed by atoms with Gasteiger partial charge >= 0.3 is 6.18 Å². The molecule has 0 aliphatic carbocycles. The minimum Gasteiger partial charge on any atom is -0.350 e. The third-order valence-electron chi connectivity index (χ3n) is 4.83. The smallest absolute Gasteiger partial charge is 0.350 e. The SMILES string of the molecule is Cc1nn(-c2ccc(F)cc2F)c(C)c1C(=O)NCCNC(=O)c1ccc(C(F)(F)F)cc1. The van der Waals surface area contributed by atoms with Crippen molar-refractivity contribution in [2.24, 2.45) is 0 Å². The molecule has 33 heavy (non-hydrogen) atoms. The van der Waals surface area contributed by atoms with Gasteiger partial charge in [-0.25, -0.2) is 13.5 Å². The Balaban J connectivity index is 1.59.